The van der Waals surface area contributed by atoms with Crippen LogP contribution in [0.5, 0.6) is 5.75 Å². The topological polar surface area (TPSA) is 61.8 Å². The lowest BCUT2D eigenvalue weighted by molar-refractivity contribution is 0.0447. The van der Waals surface area contributed by atoms with E-state index in [1.807, 2.05) is 37.3 Å². The van der Waals surface area contributed by atoms with Crippen molar-refractivity contribution in [1.82, 2.24) is 0 Å². The van der Waals surface area contributed by atoms with Crippen molar-refractivity contribution < 1.29 is 23.8 Å². The van der Waals surface area contributed by atoms with Crippen LogP contribution >= 0.6 is 0 Å². The Kier molecular flexibility index (Phi) is 7.50. The molecule has 5 nitrogen and oxygen atoms in total. The lowest BCUT2D eigenvalue weighted by atomic mass is 10.1. The molecular weight excluding hydrogens is 320 g/mol. The summed E-state index contributed by atoms with van der Waals surface area (Å²) in [5.41, 5.74) is 0.796. The van der Waals surface area contributed by atoms with Crippen LogP contribution in [0.2, 0.25) is 0 Å². The highest BCUT2D eigenvalue weighted by Crippen LogP contribution is 2.09. The van der Waals surface area contributed by atoms with E-state index in [2.05, 4.69) is 0 Å². The van der Waals surface area contributed by atoms with Gasteiger partial charge in [0.1, 0.15) is 19.0 Å². The second kappa shape index (κ2) is 10.1. The van der Waals surface area contributed by atoms with Crippen molar-refractivity contribution in [2.45, 2.75) is 19.8 Å². The Morgan fingerprint density at radius 2 is 1.32 bits per heavy atom. The number of hydrogen-bond acceptors (Lipinski definition) is 5. The SMILES string of the molecule is CCCCOC(=O)c1ccc(C(=O)OCCOc2ccccc2)cc1. The Morgan fingerprint density at radius 3 is 1.88 bits per heavy atom. The summed E-state index contributed by atoms with van der Waals surface area (Å²) in [6, 6.07) is 15.5. The van der Waals surface area contributed by atoms with E-state index in [-0.39, 0.29) is 19.2 Å². The molecule has 0 saturated carbocycles. The molecule has 0 aromatic heterocycles. The van der Waals surface area contributed by atoms with Crippen molar-refractivity contribution in [2.75, 3.05) is 19.8 Å². The smallest absolute Gasteiger partial charge is 0.338 e. The van der Waals surface area contributed by atoms with Gasteiger partial charge in [0.25, 0.3) is 0 Å². The molecule has 0 bridgehead atoms. The van der Waals surface area contributed by atoms with Gasteiger partial charge in [-0.2, -0.15) is 0 Å². The van der Waals surface area contributed by atoms with Crippen molar-refractivity contribution in [2.24, 2.45) is 0 Å². The quantitative estimate of drug-likeness (QED) is 0.511. The highest BCUT2D eigenvalue weighted by Gasteiger charge is 2.10. The second-order valence-corrected chi connectivity index (χ2v) is 5.36. The first kappa shape index (κ1) is 18.5. The van der Waals surface area contributed by atoms with E-state index in [0.29, 0.717) is 17.7 Å². The number of carbonyl (C=O) groups excluding carboxylic acids is 2. The normalized spacial score (nSPS) is 10.1. The number of unbranched alkanes of at least 4 members (excludes halogenated alkanes) is 1. The van der Waals surface area contributed by atoms with E-state index in [1.165, 1.54) is 0 Å². The molecule has 132 valence electrons. The largest absolute Gasteiger partial charge is 0.490 e. The highest BCUT2D eigenvalue weighted by atomic mass is 16.6. The van der Waals surface area contributed by atoms with Crippen LogP contribution in [0.15, 0.2) is 54.6 Å². The average Bonchev–Trinajstić information content (AvgIpc) is 2.66. The molecule has 0 unspecified atom stereocenters. The molecule has 25 heavy (non-hydrogen) atoms. The molecule has 0 amide bonds. The van der Waals surface area contributed by atoms with Crippen molar-refractivity contribution in [3.8, 4) is 5.75 Å². The average molecular weight is 342 g/mol. The van der Waals surface area contributed by atoms with Gasteiger partial charge in [-0.25, -0.2) is 9.59 Å². The molecule has 0 atom stereocenters. The Bertz CT molecular complexity index is 664. The van der Waals surface area contributed by atoms with Crippen molar-refractivity contribution in [1.29, 1.82) is 0 Å². The van der Waals surface area contributed by atoms with Crippen molar-refractivity contribution in [3.05, 3.63) is 65.7 Å². The van der Waals surface area contributed by atoms with Gasteiger partial charge in [0, 0.05) is 0 Å². The van der Waals surface area contributed by atoms with Gasteiger partial charge < -0.3 is 14.2 Å². The first-order valence-electron chi connectivity index (χ1n) is 8.33. The van der Waals surface area contributed by atoms with Crippen LogP contribution in [-0.4, -0.2) is 31.8 Å². The first-order valence-corrected chi connectivity index (χ1v) is 8.33. The summed E-state index contributed by atoms with van der Waals surface area (Å²) in [6.07, 6.45) is 1.80. The van der Waals surface area contributed by atoms with Gasteiger partial charge in [-0.15, -0.1) is 0 Å². The van der Waals surface area contributed by atoms with Crippen LogP contribution in [0.4, 0.5) is 0 Å². The molecule has 5 heteroatoms. The van der Waals surface area contributed by atoms with Crippen LogP contribution in [0, 0.1) is 0 Å². The molecule has 2 aromatic carbocycles. The van der Waals surface area contributed by atoms with Gasteiger partial charge >= 0.3 is 11.9 Å². The van der Waals surface area contributed by atoms with E-state index >= 15 is 0 Å². The zero-order chi connectivity index (χ0) is 17.9. The molecule has 0 aliphatic heterocycles. The molecule has 0 saturated heterocycles. The Balaban J connectivity index is 1.75. The minimum atomic E-state index is -0.456. The van der Waals surface area contributed by atoms with E-state index in [4.69, 9.17) is 14.2 Å². The molecule has 0 fully saturated rings. The highest BCUT2D eigenvalue weighted by molar-refractivity contribution is 5.93. The van der Waals surface area contributed by atoms with Gasteiger partial charge in [-0.05, 0) is 42.8 Å². The maximum absolute atomic E-state index is 12.0. The van der Waals surface area contributed by atoms with Gasteiger partial charge in [0.05, 0.1) is 17.7 Å². The third-order valence-electron chi connectivity index (χ3n) is 3.42. The molecule has 0 spiro atoms. The predicted molar refractivity (Wildman–Crippen MR) is 93.9 cm³/mol. The van der Waals surface area contributed by atoms with E-state index in [0.717, 1.165) is 18.6 Å². The van der Waals surface area contributed by atoms with Crippen LogP contribution in [0.3, 0.4) is 0 Å². The number of carbonyl (C=O) groups is 2. The first-order chi connectivity index (χ1) is 12.2. The number of ether oxygens (including phenoxy) is 3. The minimum Gasteiger partial charge on any atom is -0.490 e. The third kappa shape index (κ3) is 6.30. The Hall–Kier alpha value is -2.82. The number of para-hydroxylation sites is 1. The number of esters is 2. The third-order valence-corrected chi connectivity index (χ3v) is 3.42. The number of hydrogen-bond donors (Lipinski definition) is 0. The van der Waals surface area contributed by atoms with Gasteiger partial charge in [0.2, 0.25) is 0 Å². The summed E-state index contributed by atoms with van der Waals surface area (Å²) in [5, 5.41) is 0. The molecule has 0 aliphatic rings. The van der Waals surface area contributed by atoms with Crippen molar-refractivity contribution in [3.63, 3.8) is 0 Å². The van der Waals surface area contributed by atoms with Crippen molar-refractivity contribution >= 4 is 11.9 Å². The predicted octanol–water partition coefficient (Wildman–Crippen LogP) is 3.88. The summed E-state index contributed by atoms with van der Waals surface area (Å²) in [5.74, 6) is -0.114. The zero-order valence-electron chi connectivity index (χ0n) is 14.3. The lowest BCUT2D eigenvalue weighted by Crippen LogP contribution is -2.13. The Labute approximate surface area is 147 Å². The van der Waals surface area contributed by atoms with E-state index in [9.17, 15) is 9.59 Å². The molecule has 0 radical (unpaired) electrons. The van der Waals surface area contributed by atoms with Crippen LogP contribution in [0.1, 0.15) is 40.5 Å². The minimum absolute atomic E-state index is 0.147. The summed E-state index contributed by atoms with van der Waals surface area (Å²) >= 11 is 0. The summed E-state index contributed by atoms with van der Waals surface area (Å²) < 4.78 is 15.7. The Morgan fingerprint density at radius 1 is 0.760 bits per heavy atom. The van der Waals surface area contributed by atoms with Gasteiger partial charge in [-0.3, -0.25) is 0 Å². The summed E-state index contributed by atoms with van der Waals surface area (Å²) in [7, 11) is 0. The van der Waals surface area contributed by atoms with Crippen LogP contribution in [-0.2, 0) is 9.47 Å². The van der Waals surface area contributed by atoms with E-state index < -0.39 is 5.97 Å². The van der Waals surface area contributed by atoms with Gasteiger partial charge in [-0.1, -0.05) is 31.5 Å². The maximum Gasteiger partial charge on any atom is 0.338 e. The molecule has 0 heterocycles. The standard InChI is InChI=1S/C20H22O5/c1-2-3-13-24-19(21)16-9-11-17(12-10-16)20(22)25-15-14-23-18-7-5-4-6-8-18/h4-12H,2-3,13-15H2,1H3. The fourth-order valence-corrected chi connectivity index (χ4v) is 2.03. The summed E-state index contributed by atoms with van der Waals surface area (Å²) in [4.78, 5) is 23.7. The zero-order valence-corrected chi connectivity index (χ0v) is 14.3. The monoisotopic (exact) mass is 342 g/mol. The van der Waals surface area contributed by atoms with Gasteiger partial charge in [0.15, 0.2) is 0 Å². The maximum atomic E-state index is 12.0. The molecule has 0 N–H and O–H groups in total. The second-order valence-electron chi connectivity index (χ2n) is 5.36. The lowest BCUT2D eigenvalue weighted by Gasteiger charge is -2.08. The van der Waals surface area contributed by atoms with Crippen LogP contribution < -0.4 is 4.74 Å². The molecular formula is C20H22O5. The van der Waals surface area contributed by atoms with Crippen LogP contribution in [0.25, 0.3) is 0 Å². The number of benzene rings is 2. The molecule has 2 rings (SSSR count). The molecule has 2 aromatic rings. The molecule has 0 aliphatic carbocycles. The van der Waals surface area contributed by atoms with E-state index in [1.54, 1.807) is 24.3 Å². The summed E-state index contributed by atoms with van der Waals surface area (Å²) in [6.45, 7) is 2.85. The fraction of sp³-hybridized carbons (Fsp3) is 0.300. The number of rotatable bonds is 9. The fourth-order valence-electron chi connectivity index (χ4n) is 2.03.